The Labute approximate surface area is 301 Å². The number of aldehydes is 1. The Balaban J connectivity index is 0.000000716. The predicted octanol–water partition coefficient (Wildman–Crippen LogP) is 8.75. The molecule has 0 aromatic heterocycles. The topological polar surface area (TPSA) is 114 Å². The van der Waals surface area contributed by atoms with Crippen molar-refractivity contribution in [2.24, 2.45) is 11.7 Å². The van der Waals surface area contributed by atoms with Gasteiger partial charge in [0.25, 0.3) is 5.91 Å². The summed E-state index contributed by atoms with van der Waals surface area (Å²) in [6, 6.07) is 10.6. The number of ether oxygens (including phenoxy) is 1. The van der Waals surface area contributed by atoms with Crippen molar-refractivity contribution >= 4 is 23.8 Å². The summed E-state index contributed by atoms with van der Waals surface area (Å²) in [5.74, 6) is -0.0550. The molecule has 0 radical (unpaired) electrons. The Bertz CT molecular complexity index is 1330. The monoisotopic (exact) mass is 694 g/mol. The van der Waals surface area contributed by atoms with Crippen LogP contribution in [0.3, 0.4) is 0 Å². The smallest absolute Gasteiger partial charge is 0.254 e. The average Bonchev–Trinajstić information content (AvgIpc) is 3.53. The Morgan fingerprint density at radius 1 is 1.00 bits per heavy atom. The number of rotatable bonds is 10. The fourth-order valence-corrected chi connectivity index (χ4v) is 4.65. The van der Waals surface area contributed by atoms with Crippen molar-refractivity contribution in [2.45, 2.75) is 99.6 Å². The van der Waals surface area contributed by atoms with Gasteiger partial charge in [-0.1, -0.05) is 77.0 Å². The number of benzene rings is 2. The number of nitrogens with two attached hydrogens (primary N) is 1. The lowest BCUT2D eigenvalue weighted by molar-refractivity contribution is -0.119. The number of nitrogens with one attached hydrogen (secondary N) is 2. The molecular weight excluding hydrogens is 631 g/mol. The first kappa shape index (κ1) is 45.9. The molecule has 4 N–H and O–H groups in total. The van der Waals surface area contributed by atoms with E-state index in [0.717, 1.165) is 38.6 Å². The molecule has 1 saturated heterocycles. The molecule has 50 heavy (non-hydrogen) atoms. The molecule has 2 aromatic rings. The largest absolute Gasteiger partial charge is 0.491 e. The highest BCUT2D eigenvalue weighted by molar-refractivity contribution is 5.96. The highest BCUT2D eigenvalue weighted by atomic mass is 19.1. The highest BCUT2D eigenvalue weighted by Gasteiger charge is 2.21. The number of halogens is 1. The summed E-state index contributed by atoms with van der Waals surface area (Å²) in [4.78, 5) is 36.9. The van der Waals surface area contributed by atoms with Gasteiger partial charge in [-0.05, 0) is 96.0 Å². The quantitative estimate of drug-likeness (QED) is 0.214. The Morgan fingerprint density at radius 2 is 1.62 bits per heavy atom. The maximum Gasteiger partial charge on any atom is 0.254 e. The number of likely N-dealkylation sites (N-methyl/N-ethyl adjacent to an activating group) is 1. The van der Waals surface area contributed by atoms with E-state index in [-0.39, 0.29) is 35.7 Å². The summed E-state index contributed by atoms with van der Waals surface area (Å²) >= 11 is 0. The van der Waals surface area contributed by atoms with Crippen molar-refractivity contribution in [1.29, 1.82) is 0 Å². The minimum atomic E-state index is -0.322. The SMILES string of the molecule is CC.CC(C)Oc1cc(C=O)cc(C(=O)N2CCCC2)c1.CC1=CC=CC=CC1.CCC.CNCC(N)CC(C)C(=O)Nc1ccc(F)cc1. The van der Waals surface area contributed by atoms with E-state index in [1.807, 2.05) is 46.6 Å². The minimum absolute atomic E-state index is 0.0108. The molecule has 1 aliphatic carbocycles. The maximum atomic E-state index is 12.7. The zero-order chi connectivity index (χ0) is 37.9. The van der Waals surface area contributed by atoms with Gasteiger partial charge in [0.15, 0.2) is 0 Å². The first-order chi connectivity index (χ1) is 23.9. The molecule has 1 heterocycles. The lowest BCUT2D eigenvalue weighted by atomic mass is 10.0. The lowest BCUT2D eigenvalue weighted by Crippen LogP contribution is -2.36. The average molecular weight is 695 g/mol. The van der Waals surface area contributed by atoms with E-state index >= 15 is 0 Å². The molecule has 1 fully saturated rings. The van der Waals surface area contributed by atoms with Crippen molar-refractivity contribution in [3.63, 3.8) is 0 Å². The highest BCUT2D eigenvalue weighted by Crippen LogP contribution is 2.21. The molecule has 2 aromatic carbocycles. The fourth-order valence-electron chi connectivity index (χ4n) is 4.65. The van der Waals surface area contributed by atoms with Crippen molar-refractivity contribution in [1.82, 2.24) is 10.2 Å². The van der Waals surface area contributed by atoms with E-state index in [9.17, 15) is 18.8 Å². The number of hydrogen-bond acceptors (Lipinski definition) is 6. The predicted molar refractivity (Wildman–Crippen MR) is 207 cm³/mol. The lowest BCUT2D eigenvalue weighted by Gasteiger charge is -2.17. The van der Waals surface area contributed by atoms with Crippen LogP contribution >= 0.6 is 0 Å². The van der Waals surface area contributed by atoms with Crippen LogP contribution in [-0.2, 0) is 4.79 Å². The molecule has 0 bridgehead atoms. The van der Waals surface area contributed by atoms with Gasteiger partial charge >= 0.3 is 0 Å². The van der Waals surface area contributed by atoms with Crippen LogP contribution in [0.5, 0.6) is 5.75 Å². The summed E-state index contributed by atoms with van der Waals surface area (Å²) in [5.41, 5.74) is 8.87. The molecule has 4 rings (SSSR count). The van der Waals surface area contributed by atoms with E-state index in [2.05, 4.69) is 61.8 Å². The number of carbonyl (C=O) groups is 3. The summed E-state index contributed by atoms with van der Waals surface area (Å²) < 4.78 is 18.3. The van der Waals surface area contributed by atoms with Crippen LogP contribution in [0, 0.1) is 11.7 Å². The molecule has 0 saturated carbocycles. The Kier molecular flexibility index (Phi) is 25.4. The molecule has 1 aliphatic heterocycles. The number of allylic oxidation sites excluding steroid dienone is 6. The third kappa shape index (κ3) is 20.4. The second-order valence-corrected chi connectivity index (χ2v) is 12.3. The number of carbonyl (C=O) groups excluding carboxylic acids is 3. The third-order valence-electron chi connectivity index (χ3n) is 6.94. The van der Waals surface area contributed by atoms with Crippen LogP contribution in [0.2, 0.25) is 0 Å². The molecule has 9 heteroatoms. The van der Waals surface area contributed by atoms with E-state index in [4.69, 9.17) is 10.5 Å². The molecular formula is C41H63FN4O4. The Morgan fingerprint density at radius 3 is 2.18 bits per heavy atom. The minimum Gasteiger partial charge on any atom is -0.491 e. The van der Waals surface area contributed by atoms with Gasteiger partial charge in [0, 0.05) is 48.4 Å². The molecule has 0 spiro atoms. The van der Waals surface area contributed by atoms with Gasteiger partial charge in [-0.2, -0.15) is 0 Å². The second-order valence-electron chi connectivity index (χ2n) is 12.3. The molecule has 2 unspecified atom stereocenters. The Hall–Kier alpha value is -4.08. The number of nitrogens with zero attached hydrogens (tertiary/aromatic N) is 1. The molecule has 2 aliphatic rings. The summed E-state index contributed by atoms with van der Waals surface area (Å²) in [5, 5.41) is 5.70. The summed E-state index contributed by atoms with van der Waals surface area (Å²) in [7, 11) is 1.82. The summed E-state index contributed by atoms with van der Waals surface area (Å²) in [6.45, 7) is 18.3. The molecule has 8 nitrogen and oxygen atoms in total. The standard InChI is InChI=1S/C15H19NO3.C13H20FN3O.C8H10.C3H8.C2H6/c1-11(2)19-14-8-12(10-17)7-13(9-14)15(18)16-5-3-4-6-16;1-9(7-11(15)8-16-2)13(18)17-12-5-3-10(14)4-6-12;1-8-6-4-2-3-5-7-8;1-3-2;1-2/h7-11H,3-6H2,1-2H3;3-6,9,11,16H,7-8,15H2,1-2H3,(H,17,18);2-6H,7H2,1H3;3H2,1-2H3;1-2H3. The van der Waals surface area contributed by atoms with Gasteiger partial charge in [0.05, 0.1) is 6.10 Å². The van der Waals surface area contributed by atoms with Gasteiger partial charge in [-0.15, -0.1) is 0 Å². The molecule has 278 valence electrons. The second kappa shape index (κ2) is 27.7. The zero-order valence-corrected chi connectivity index (χ0v) is 31.9. The van der Waals surface area contributed by atoms with Gasteiger partial charge in [0.2, 0.25) is 5.91 Å². The molecule has 2 amide bonds. The van der Waals surface area contributed by atoms with Crippen LogP contribution in [0.1, 0.15) is 108 Å². The number of anilines is 1. The van der Waals surface area contributed by atoms with Crippen molar-refractivity contribution in [3.8, 4) is 5.75 Å². The van der Waals surface area contributed by atoms with Gasteiger partial charge in [-0.25, -0.2) is 4.39 Å². The number of amides is 2. The van der Waals surface area contributed by atoms with E-state index < -0.39 is 0 Å². The normalized spacial score (nSPS) is 14.0. The first-order valence-electron chi connectivity index (χ1n) is 18.0. The van der Waals surface area contributed by atoms with Crippen LogP contribution in [0.4, 0.5) is 10.1 Å². The summed E-state index contributed by atoms with van der Waals surface area (Å²) in [6.07, 6.45) is 16.3. The van der Waals surface area contributed by atoms with E-state index in [1.165, 1.54) is 36.3 Å². The van der Waals surface area contributed by atoms with Crippen LogP contribution < -0.4 is 21.1 Å². The van der Waals surface area contributed by atoms with Crippen molar-refractivity contribution in [3.05, 3.63) is 95.4 Å². The first-order valence-corrected chi connectivity index (χ1v) is 18.0. The number of likely N-dealkylation sites (tertiary alicyclic amines) is 1. The third-order valence-corrected chi connectivity index (χ3v) is 6.94. The van der Waals surface area contributed by atoms with Gasteiger partial charge in [0.1, 0.15) is 17.9 Å². The van der Waals surface area contributed by atoms with E-state index in [1.54, 1.807) is 18.2 Å². The number of hydrogen-bond donors (Lipinski definition) is 3. The maximum absolute atomic E-state index is 12.7. The van der Waals surface area contributed by atoms with Gasteiger partial charge in [-0.3, -0.25) is 14.4 Å². The molecule has 2 atom stereocenters. The van der Waals surface area contributed by atoms with Crippen LogP contribution in [0.25, 0.3) is 0 Å². The van der Waals surface area contributed by atoms with Crippen LogP contribution in [-0.4, -0.2) is 61.8 Å². The zero-order valence-electron chi connectivity index (χ0n) is 31.9. The van der Waals surface area contributed by atoms with Crippen LogP contribution in [0.15, 0.2) is 78.4 Å². The van der Waals surface area contributed by atoms with E-state index in [0.29, 0.717) is 35.5 Å². The fraction of sp³-hybridized carbons (Fsp3) is 0.488. The van der Waals surface area contributed by atoms with Crippen molar-refractivity contribution in [2.75, 3.05) is 32.0 Å². The van der Waals surface area contributed by atoms with Gasteiger partial charge < -0.3 is 26.0 Å². The van der Waals surface area contributed by atoms with Crippen molar-refractivity contribution < 1.29 is 23.5 Å².